The lowest BCUT2D eigenvalue weighted by atomic mass is 10.1. The summed E-state index contributed by atoms with van der Waals surface area (Å²) in [5.41, 5.74) is 0.765. The normalized spacial score (nSPS) is 12.0. The van der Waals surface area contributed by atoms with Gasteiger partial charge in [0.1, 0.15) is 47.4 Å². The average Bonchev–Trinajstić information content (AvgIpc) is 1.80. The molecule has 12 aromatic rings. The summed E-state index contributed by atoms with van der Waals surface area (Å²) >= 11 is 0. The SMILES string of the molecule is Cc1cc[n+](C(C)(C)C)o1.Cc1cc[n+](C(C)(C)C)o1.Cc1cc[n+](C(C)(C)C)o1.Cc1cc[n+](C(C)(C)C)o1.Cc1cc[n+](C(C)(C)C)o1.Cc1cc[n+](C(C)(C)C)o1.Cc1cc[n+](C(C)(C)C)o1.Cc1cc[n+](C(C)(C)C)o1.Cc1cc[n+](C(C)(C)C)o1.Cc1cc[n+](C(C)(C)C)o1.Cc1cc[n+](C(C)(C)C)o1.Cc1cc[n+](C(C)(C)C)o1.O=P([O-])([O-])F.O=P([O-])([O-])F.O=P([O-])([O-])F.O=P([O-])([O-])F.O=P([O-])([O-])F.O=P([O-])([O-])F. The minimum absolute atomic E-state index is 0.0637. The molecule has 0 unspecified atom stereocenters. The lowest BCUT2D eigenvalue weighted by Crippen LogP contribution is -2.48. The molecule has 0 fully saturated rings. The quantitative estimate of drug-likeness (QED) is 0.0773. The van der Waals surface area contributed by atoms with Gasteiger partial charge in [-0.1, -0.05) is 0 Å². The molecule has 0 aliphatic heterocycles. The fraction of sp³-hybridized carbons (Fsp3) is 0.625. The lowest BCUT2D eigenvalue weighted by molar-refractivity contribution is -0.907. The van der Waals surface area contributed by atoms with Crippen molar-refractivity contribution in [2.45, 2.75) is 399 Å². The Hall–Kier alpha value is -9.00. The summed E-state index contributed by atoms with van der Waals surface area (Å²) in [4.78, 5) is 101. The monoisotopic (exact) mass is 2270 g/mol. The van der Waals surface area contributed by atoms with Crippen molar-refractivity contribution >= 4 is 47.4 Å². The number of hydrogen-bond acceptors (Lipinski definition) is 30. The average molecular weight is 2270 g/mol. The second kappa shape index (κ2) is 63.1. The van der Waals surface area contributed by atoms with Crippen LogP contribution in [0.2, 0.25) is 0 Å². The Balaban J connectivity index is -0.000000368. The summed E-state index contributed by atoms with van der Waals surface area (Å²) in [6, 6.07) is 23.6. The molecule has 0 aromatic carbocycles. The first-order valence-electron chi connectivity index (χ1n) is 46.2. The molecule has 12 aromatic heterocycles. The molecule has 0 saturated heterocycles. The number of rotatable bonds is 0. The van der Waals surface area contributed by atoms with Crippen molar-refractivity contribution in [3.63, 3.8) is 0 Å². The second-order valence-electron chi connectivity index (χ2n) is 44.8. The molecule has 12 heterocycles. The van der Waals surface area contributed by atoms with Crippen molar-refractivity contribution in [2.24, 2.45) is 0 Å². The van der Waals surface area contributed by atoms with Crippen molar-refractivity contribution in [3.8, 4) is 0 Å². The predicted molar refractivity (Wildman–Crippen MR) is 516 cm³/mol. The highest BCUT2D eigenvalue weighted by atomic mass is 31.2. The minimum Gasteiger partial charge on any atom is -0.786 e. The van der Waals surface area contributed by atoms with Gasteiger partial charge in [-0.15, -0.1) is 0 Å². The third-order valence-electron chi connectivity index (χ3n) is 16.2. The second-order valence-corrected chi connectivity index (χ2v) is 49.9. The molecule has 0 aliphatic carbocycles. The molecular formula is C96H168F6N12O30P6. The molecule has 0 bridgehead atoms. The first-order valence-corrected chi connectivity index (χ1v) is 54.8. The van der Waals surface area contributed by atoms with Gasteiger partial charge in [0.05, 0.1) is 72.8 Å². The van der Waals surface area contributed by atoms with Gasteiger partial charge in [-0.2, -0.15) is 0 Å². The lowest BCUT2D eigenvalue weighted by Gasteiger charge is -2.15. The molecule has 0 amide bonds. The van der Waals surface area contributed by atoms with Crippen LogP contribution in [0, 0.1) is 83.1 Å². The van der Waals surface area contributed by atoms with Gasteiger partial charge in [0.2, 0.25) is 141 Å². The molecule has 12 rings (SSSR count). The summed E-state index contributed by atoms with van der Waals surface area (Å²) < 4.78 is 198. The van der Waals surface area contributed by atoms with Gasteiger partial charge in [0.25, 0.3) is 0 Å². The van der Waals surface area contributed by atoms with Crippen molar-refractivity contribution in [3.05, 3.63) is 216 Å². The Morgan fingerprint density at radius 3 is 0.200 bits per heavy atom. The standard InChI is InChI=1S/12C8H14NO.6FH2O3P/c12*1-7-5-6-9(10-7)8(2,3)4;6*1-5(2,3)4/h12*5-6H,1-4H3;6*(H2,2,3,4)/q12*+1;;;;;;/p-12. The highest BCUT2D eigenvalue weighted by Crippen LogP contribution is 2.26. The van der Waals surface area contributed by atoms with E-state index < -0.39 is 47.4 Å². The highest BCUT2D eigenvalue weighted by molar-refractivity contribution is 7.43. The van der Waals surface area contributed by atoms with Crippen LogP contribution in [0.5, 0.6) is 0 Å². The molecule has 0 radical (unpaired) electrons. The van der Waals surface area contributed by atoms with E-state index in [9.17, 15) is 25.2 Å². The number of hydrogen-bond donors (Lipinski definition) is 0. The molecule has 0 aliphatic rings. The van der Waals surface area contributed by atoms with E-state index in [4.69, 9.17) is 140 Å². The van der Waals surface area contributed by atoms with E-state index >= 15 is 0 Å². The molecule has 0 N–H and O–H groups in total. The number of halogens is 6. The van der Waals surface area contributed by atoms with E-state index in [1.807, 2.05) is 287 Å². The van der Waals surface area contributed by atoms with Crippen LogP contribution >= 0.6 is 47.4 Å². The molecule has 0 saturated carbocycles. The molecule has 54 heteroatoms. The summed E-state index contributed by atoms with van der Waals surface area (Å²) in [7, 11) is -33.8. The highest BCUT2D eigenvalue weighted by Gasteiger charge is 2.34. The van der Waals surface area contributed by atoms with Gasteiger partial charge in [0, 0.05) is 332 Å². The Morgan fingerprint density at radius 2 is 0.187 bits per heavy atom. The van der Waals surface area contributed by atoms with E-state index in [0.717, 1.165) is 69.1 Å². The zero-order chi connectivity index (χ0) is 120. The van der Waals surface area contributed by atoms with Crippen molar-refractivity contribution in [2.75, 3.05) is 0 Å². The van der Waals surface area contributed by atoms with Gasteiger partial charge in [-0.3, -0.25) is 0 Å². The van der Waals surface area contributed by atoms with E-state index in [1.54, 1.807) is 0 Å². The zero-order valence-corrected chi connectivity index (χ0v) is 102. The summed E-state index contributed by atoms with van der Waals surface area (Å²) in [5, 5.41) is 0. The molecule has 0 atom stereocenters. The predicted octanol–water partition coefficient (Wildman–Crippen LogP) is 12.3. The van der Waals surface area contributed by atoms with E-state index in [1.165, 1.54) is 0 Å². The molecule has 42 nitrogen and oxygen atoms in total. The first-order chi connectivity index (χ1) is 66.0. The van der Waals surface area contributed by atoms with Gasteiger partial charge in [0.15, 0.2) is 69.1 Å². The van der Waals surface area contributed by atoms with Crippen molar-refractivity contribution in [1.29, 1.82) is 0 Å². The molecule has 0 spiro atoms. The minimum atomic E-state index is -5.64. The van der Waals surface area contributed by atoms with Crippen LogP contribution in [0.15, 0.2) is 201 Å². The van der Waals surface area contributed by atoms with Gasteiger partial charge >= 0.3 is 0 Å². The van der Waals surface area contributed by atoms with Crippen LogP contribution in [0.3, 0.4) is 0 Å². The number of aromatic nitrogens is 12. The number of nitrogens with zero attached hydrogens (tertiary/aromatic N) is 12. The Bertz CT molecular complexity index is 4730. The fourth-order valence-corrected chi connectivity index (χ4v) is 8.99. The largest absolute Gasteiger partial charge is 0.786 e. The summed E-state index contributed by atoms with van der Waals surface area (Å²) in [6.07, 6.45) is 23.4. The first kappa shape index (κ1) is 152. The van der Waals surface area contributed by atoms with E-state index in [2.05, 4.69) is 249 Å². The van der Waals surface area contributed by atoms with E-state index in [-0.39, 0.29) is 66.5 Å². The molecule has 864 valence electrons. The van der Waals surface area contributed by atoms with Crippen molar-refractivity contribution < 1.29 is 222 Å². The van der Waals surface area contributed by atoms with Crippen LogP contribution in [0.25, 0.3) is 0 Å². The smallest absolute Gasteiger partial charge is 0.220 e. The van der Waals surface area contributed by atoms with E-state index in [0.29, 0.717) is 0 Å². The van der Waals surface area contributed by atoms with Crippen LogP contribution in [0.1, 0.15) is 318 Å². The topological polar surface area (TPSA) is 583 Å². The Morgan fingerprint density at radius 1 is 0.147 bits per heavy atom. The van der Waals surface area contributed by atoms with Gasteiger partial charge in [-0.05, 0) is 56.9 Å². The Labute approximate surface area is 880 Å². The third-order valence-corrected chi connectivity index (χ3v) is 16.2. The zero-order valence-electron chi connectivity index (χ0n) is 96.4. The molecular weight excluding hydrogens is 2100 g/mol. The maximum atomic E-state index is 10.1. The van der Waals surface area contributed by atoms with Crippen LogP contribution < -0.4 is 116 Å². The van der Waals surface area contributed by atoms with Crippen LogP contribution in [0.4, 0.5) is 25.2 Å². The van der Waals surface area contributed by atoms with Crippen LogP contribution in [-0.2, 0) is 93.9 Å². The maximum Gasteiger partial charge on any atom is 0.220 e. The van der Waals surface area contributed by atoms with Gasteiger partial charge in [-0.25, -0.2) is 79.5 Å². The summed E-state index contributed by atoms with van der Waals surface area (Å²) in [5.74, 6) is 11.4. The maximum absolute atomic E-state index is 10.1. The Kier molecular flexibility index (Phi) is 63.8. The molecule has 150 heavy (non-hydrogen) atoms. The van der Waals surface area contributed by atoms with Gasteiger partial charge < -0.3 is 86.1 Å². The third kappa shape index (κ3) is 90.5. The van der Waals surface area contributed by atoms with Crippen LogP contribution in [-0.4, -0.2) is 0 Å². The number of aryl methyl sites for hydroxylation is 12. The fourth-order valence-electron chi connectivity index (χ4n) is 8.99. The van der Waals surface area contributed by atoms with Crippen molar-refractivity contribution in [1.82, 2.24) is 0 Å². The summed E-state index contributed by atoms with van der Waals surface area (Å²) in [6.45, 7) is 99.2.